The number of amides is 1. The van der Waals surface area contributed by atoms with Crippen LogP contribution in [-0.2, 0) is 11.0 Å². The summed E-state index contributed by atoms with van der Waals surface area (Å²) in [6, 6.07) is 8.84. The predicted molar refractivity (Wildman–Crippen MR) is 97.1 cm³/mol. The summed E-state index contributed by atoms with van der Waals surface area (Å²) in [4.78, 5) is 14.1. The first-order valence-corrected chi connectivity index (χ1v) is 8.65. The first kappa shape index (κ1) is 21.2. The molecule has 2 rings (SSSR count). The minimum Gasteiger partial charge on any atom is -0.324 e. The number of nitrogens with one attached hydrogen (secondary N) is 1. The van der Waals surface area contributed by atoms with Crippen molar-refractivity contribution < 1.29 is 22.4 Å². The summed E-state index contributed by atoms with van der Waals surface area (Å²) in [5, 5.41) is 2.24. The van der Waals surface area contributed by atoms with Crippen molar-refractivity contribution >= 4 is 23.2 Å². The second kappa shape index (κ2) is 8.71. The molecule has 3 nitrogen and oxygen atoms in total. The Morgan fingerprint density at radius 3 is 2.37 bits per heavy atom. The van der Waals surface area contributed by atoms with Crippen LogP contribution in [0.4, 0.5) is 23.2 Å². The second-order valence-electron chi connectivity index (χ2n) is 6.03. The van der Waals surface area contributed by atoms with Crippen molar-refractivity contribution in [3.63, 3.8) is 0 Å². The van der Waals surface area contributed by atoms with Crippen LogP contribution in [0, 0.1) is 5.82 Å². The van der Waals surface area contributed by atoms with Crippen LogP contribution >= 0.6 is 11.6 Å². The van der Waals surface area contributed by atoms with Crippen LogP contribution in [0.15, 0.2) is 42.5 Å². The Morgan fingerprint density at radius 2 is 1.81 bits per heavy atom. The standard InChI is InChI=1S/C19H19ClF4N2O/c1-3-26(12(2)13-4-7-15(21)8-5-13)11-18(27)25-17-9-6-14(20)10-16(17)19(22,23)24/h4-10,12H,3,11H2,1-2H3,(H,25,27). The van der Waals surface area contributed by atoms with Crippen LogP contribution in [0.25, 0.3) is 0 Å². The smallest absolute Gasteiger partial charge is 0.324 e. The van der Waals surface area contributed by atoms with Crippen molar-refractivity contribution in [1.82, 2.24) is 4.90 Å². The van der Waals surface area contributed by atoms with Gasteiger partial charge in [-0.15, -0.1) is 0 Å². The van der Waals surface area contributed by atoms with E-state index in [0.29, 0.717) is 6.54 Å². The molecular weight excluding hydrogens is 384 g/mol. The third kappa shape index (κ3) is 5.68. The Kier molecular flexibility index (Phi) is 6.84. The molecule has 2 aromatic carbocycles. The van der Waals surface area contributed by atoms with Gasteiger partial charge in [0.2, 0.25) is 5.91 Å². The number of rotatable bonds is 6. The Labute approximate surface area is 159 Å². The molecule has 27 heavy (non-hydrogen) atoms. The van der Waals surface area contributed by atoms with Gasteiger partial charge in [0.15, 0.2) is 0 Å². The van der Waals surface area contributed by atoms with Crippen LogP contribution in [0.1, 0.15) is 31.0 Å². The summed E-state index contributed by atoms with van der Waals surface area (Å²) in [6.45, 7) is 4.04. The van der Waals surface area contributed by atoms with Crippen LogP contribution < -0.4 is 5.32 Å². The molecule has 1 N–H and O–H groups in total. The monoisotopic (exact) mass is 402 g/mol. The zero-order valence-corrected chi connectivity index (χ0v) is 15.5. The molecule has 2 aromatic rings. The number of carbonyl (C=O) groups excluding carboxylic acids is 1. The molecule has 0 aromatic heterocycles. The van der Waals surface area contributed by atoms with Gasteiger partial charge in [-0.05, 0) is 49.4 Å². The highest BCUT2D eigenvalue weighted by Crippen LogP contribution is 2.36. The highest BCUT2D eigenvalue weighted by Gasteiger charge is 2.34. The minimum absolute atomic E-state index is 0.0690. The lowest BCUT2D eigenvalue weighted by atomic mass is 10.1. The molecule has 0 aliphatic carbocycles. The second-order valence-corrected chi connectivity index (χ2v) is 6.46. The lowest BCUT2D eigenvalue weighted by Gasteiger charge is -2.27. The zero-order valence-electron chi connectivity index (χ0n) is 14.8. The summed E-state index contributed by atoms with van der Waals surface area (Å²) >= 11 is 5.64. The number of hydrogen-bond donors (Lipinski definition) is 1. The van der Waals surface area contributed by atoms with Gasteiger partial charge in [0.05, 0.1) is 17.8 Å². The average molecular weight is 403 g/mol. The van der Waals surface area contributed by atoms with E-state index < -0.39 is 17.6 Å². The lowest BCUT2D eigenvalue weighted by molar-refractivity contribution is -0.137. The number of carbonyl (C=O) groups is 1. The van der Waals surface area contributed by atoms with Gasteiger partial charge in [0.25, 0.3) is 0 Å². The van der Waals surface area contributed by atoms with Crippen LogP contribution in [0.2, 0.25) is 5.02 Å². The van der Waals surface area contributed by atoms with E-state index in [2.05, 4.69) is 5.32 Å². The molecule has 1 atom stereocenters. The molecule has 0 spiro atoms. The summed E-state index contributed by atoms with van der Waals surface area (Å²) in [5.74, 6) is -0.951. The average Bonchev–Trinajstić information content (AvgIpc) is 2.60. The molecule has 0 aliphatic heterocycles. The first-order valence-electron chi connectivity index (χ1n) is 8.28. The highest BCUT2D eigenvalue weighted by atomic mass is 35.5. The van der Waals surface area contributed by atoms with E-state index in [-0.39, 0.29) is 29.1 Å². The number of anilines is 1. The van der Waals surface area contributed by atoms with Crippen molar-refractivity contribution in [3.05, 3.63) is 64.4 Å². The third-order valence-electron chi connectivity index (χ3n) is 4.21. The van der Waals surface area contributed by atoms with E-state index in [0.717, 1.165) is 17.7 Å². The summed E-state index contributed by atoms with van der Waals surface area (Å²) < 4.78 is 52.5. The van der Waals surface area contributed by atoms with Crippen molar-refractivity contribution in [2.75, 3.05) is 18.4 Å². The minimum atomic E-state index is -4.64. The fourth-order valence-corrected chi connectivity index (χ4v) is 2.88. The van der Waals surface area contributed by atoms with E-state index in [1.807, 2.05) is 13.8 Å². The van der Waals surface area contributed by atoms with Gasteiger partial charge in [-0.2, -0.15) is 13.2 Å². The molecule has 0 bridgehead atoms. The fourth-order valence-electron chi connectivity index (χ4n) is 2.71. The number of likely N-dealkylation sites (N-methyl/N-ethyl adjacent to an activating group) is 1. The summed E-state index contributed by atoms with van der Waals surface area (Å²) in [7, 11) is 0. The molecule has 1 unspecified atom stereocenters. The number of hydrogen-bond acceptors (Lipinski definition) is 2. The van der Waals surface area contributed by atoms with Gasteiger partial charge < -0.3 is 5.32 Å². The molecule has 0 aliphatic rings. The molecule has 0 saturated carbocycles. The fraction of sp³-hybridized carbons (Fsp3) is 0.316. The molecule has 8 heteroatoms. The van der Waals surface area contributed by atoms with Gasteiger partial charge in [-0.3, -0.25) is 9.69 Å². The molecule has 0 saturated heterocycles. The highest BCUT2D eigenvalue weighted by molar-refractivity contribution is 6.30. The van der Waals surface area contributed by atoms with E-state index in [1.54, 1.807) is 17.0 Å². The Bertz CT molecular complexity index is 793. The lowest BCUT2D eigenvalue weighted by Crippen LogP contribution is -2.35. The Balaban J connectivity index is 2.13. The largest absolute Gasteiger partial charge is 0.418 e. The summed E-state index contributed by atoms with van der Waals surface area (Å²) in [5.41, 5.74) is -0.547. The predicted octanol–water partition coefficient (Wildman–Crippen LogP) is 5.52. The van der Waals surface area contributed by atoms with Gasteiger partial charge in [-0.25, -0.2) is 4.39 Å². The molecule has 146 valence electrons. The summed E-state index contributed by atoms with van der Waals surface area (Å²) in [6.07, 6.45) is -4.64. The van der Waals surface area contributed by atoms with E-state index in [1.165, 1.54) is 18.2 Å². The molecule has 0 radical (unpaired) electrons. The number of alkyl halides is 3. The molecular formula is C19H19ClF4N2O. The van der Waals surface area contributed by atoms with Crippen LogP contribution in [0.5, 0.6) is 0 Å². The van der Waals surface area contributed by atoms with E-state index >= 15 is 0 Å². The Morgan fingerprint density at radius 1 is 1.19 bits per heavy atom. The zero-order chi connectivity index (χ0) is 20.2. The maximum absolute atomic E-state index is 13.1. The van der Waals surface area contributed by atoms with Crippen molar-refractivity contribution in [2.45, 2.75) is 26.1 Å². The van der Waals surface area contributed by atoms with Crippen molar-refractivity contribution in [3.8, 4) is 0 Å². The molecule has 0 fully saturated rings. The Hall–Kier alpha value is -2.12. The van der Waals surface area contributed by atoms with Crippen LogP contribution in [-0.4, -0.2) is 23.9 Å². The normalized spacial score (nSPS) is 12.9. The first-order chi connectivity index (χ1) is 12.6. The number of nitrogens with zero attached hydrogens (tertiary/aromatic N) is 1. The topological polar surface area (TPSA) is 32.3 Å². The van der Waals surface area contributed by atoms with Gasteiger partial charge in [-0.1, -0.05) is 30.7 Å². The van der Waals surface area contributed by atoms with Crippen molar-refractivity contribution in [1.29, 1.82) is 0 Å². The number of benzene rings is 2. The molecule has 1 amide bonds. The molecule has 0 heterocycles. The number of halogens is 5. The van der Waals surface area contributed by atoms with Crippen LogP contribution in [0.3, 0.4) is 0 Å². The maximum atomic E-state index is 13.1. The van der Waals surface area contributed by atoms with Gasteiger partial charge >= 0.3 is 6.18 Å². The van der Waals surface area contributed by atoms with E-state index in [4.69, 9.17) is 11.6 Å². The van der Waals surface area contributed by atoms with Gasteiger partial charge in [0, 0.05) is 11.1 Å². The SMILES string of the molecule is CCN(CC(=O)Nc1ccc(Cl)cc1C(F)(F)F)C(C)c1ccc(F)cc1. The van der Waals surface area contributed by atoms with Crippen molar-refractivity contribution in [2.24, 2.45) is 0 Å². The quantitative estimate of drug-likeness (QED) is 0.645. The maximum Gasteiger partial charge on any atom is 0.418 e. The third-order valence-corrected chi connectivity index (χ3v) is 4.45. The van der Waals surface area contributed by atoms with Gasteiger partial charge in [0.1, 0.15) is 5.82 Å². The van der Waals surface area contributed by atoms with E-state index in [9.17, 15) is 22.4 Å².